The Morgan fingerprint density at radius 2 is 1.73 bits per heavy atom. The smallest absolute Gasteiger partial charge is 0.0654 e. The van der Waals surface area contributed by atoms with E-state index in [-0.39, 0.29) is 0 Å². The monoisotopic (exact) mass is 209 g/mol. The molecule has 0 spiro atoms. The van der Waals surface area contributed by atoms with Crippen LogP contribution in [0.4, 0.5) is 5.69 Å². The molecule has 4 heteroatoms. The van der Waals surface area contributed by atoms with Crippen LogP contribution in [0.25, 0.3) is 0 Å². The fourth-order valence-electron chi connectivity index (χ4n) is 0.729. The van der Waals surface area contributed by atoms with E-state index >= 15 is 0 Å². The van der Waals surface area contributed by atoms with E-state index in [2.05, 4.69) is 0 Å². The summed E-state index contributed by atoms with van der Waals surface area (Å²) in [7, 11) is 0. The molecule has 0 unspecified atom stereocenters. The summed E-state index contributed by atoms with van der Waals surface area (Å²) in [4.78, 5) is 0. The van der Waals surface area contributed by atoms with E-state index in [1.807, 2.05) is 0 Å². The minimum absolute atomic E-state index is 0.434. The lowest BCUT2D eigenvalue weighted by Crippen LogP contribution is -1.91. The molecule has 0 fully saturated rings. The molecule has 0 amide bonds. The fraction of sp³-hybridized carbons (Fsp3) is 0.143. The van der Waals surface area contributed by atoms with E-state index in [9.17, 15) is 0 Å². The maximum absolute atomic E-state index is 5.78. The molecule has 0 atom stereocenters. The van der Waals surface area contributed by atoms with Crippen LogP contribution in [0, 0.1) is 6.92 Å². The van der Waals surface area contributed by atoms with Gasteiger partial charge in [0.25, 0.3) is 0 Å². The van der Waals surface area contributed by atoms with Crippen LogP contribution in [-0.2, 0) is 0 Å². The highest BCUT2D eigenvalue weighted by atomic mass is 35.5. The summed E-state index contributed by atoms with van der Waals surface area (Å²) < 4.78 is 0. The number of nitrogens with two attached hydrogens (primary N) is 1. The molecular weight excluding hydrogens is 204 g/mol. The number of hydrogen-bond acceptors (Lipinski definition) is 1. The van der Waals surface area contributed by atoms with Gasteiger partial charge in [-0.05, 0) is 18.6 Å². The zero-order chi connectivity index (χ0) is 8.59. The molecule has 0 aliphatic heterocycles. The van der Waals surface area contributed by atoms with E-state index in [1.54, 1.807) is 6.92 Å². The molecule has 1 aromatic carbocycles. The molecule has 1 aromatic rings. The van der Waals surface area contributed by atoms with Gasteiger partial charge in [0, 0.05) is 0 Å². The SMILES string of the molecule is Cc1c(N)c(Cl)cc(Cl)c1Cl. The van der Waals surface area contributed by atoms with Gasteiger partial charge in [0.1, 0.15) is 0 Å². The first kappa shape index (κ1) is 8.98. The Morgan fingerprint density at radius 3 is 2.27 bits per heavy atom. The van der Waals surface area contributed by atoms with Crippen molar-refractivity contribution in [3.05, 3.63) is 26.7 Å². The Hall–Kier alpha value is -0.110. The first-order valence-electron chi connectivity index (χ1n) is 2.93. The molecule has 0 saturated carbocycles. The summed E-state index contributed by atoms with van der Waals surface area (Å²) in [6.07, 6.45) is 0. The number of anilines is 1. The summed E-state index contributed by atoms with van der Waals surface area (Å²) in [5.74, 6) is 0. The lowest BCUT2D eigenvalue weighted by molar-refractivity contribution is 1.47. The van der Waals surface area contributed by atoms with Crippen molar-refractivity contribution in [2.45, 2.75) is 6.92 Å². The highest BCUT2D eigenvalue weighted by Crippen LogP contribution is 2.34. The summed E-state index contributed by atoms with van der Waals surface area (Å²) >= 11 is 17.2. The first-order valence-corrected chi connectivity index (χ1v) is 4.07. The van der Waals surface area contributed by atoms with Gasteiger partial charge in [-0.25, -0.2) is 0 Å². The minimum atomic E-state index is 0.434. The van der Waals surface area contributed by atoms with Crippen LogP contribution in [-0.4, -0.2) is 0 Å². The third kappa shape index (κ3) is 1.56. The largest absolute Gasteiger partial charge is 0.397 e. The summed E-state index contributed by atoms with van der Waals surface area (Å²) in [6, 6.07) is 1.54. The Morgan fingerprint density at radius 1 is 1.18 bits per heavy atom. The zero-order valence-corrected chi connectivity index (χ0v) is 8.06. The van der Waals surface area contributed by atoms with Crippen LogP contribution in [0.2, 0.25) is 15.1 Å². The molecule has 2 N–H and O–H groups in total. The Balaban J connectivity index is 3.46. The van der Waals surface area contributed by atoms with Gasteiger partial charge in [0.05, 0.1) is 20.8 Å². The number of hydrogen-bond donors (Lipinski definition) is 1. The van der Waals surface area contributed by atoms with Crippen molar-refractivity contribution >= 4 is 40.5 Å². The van der Waals surface area contributed by atoms with Gasteiger partial charge in [-0.15, -0.1) is 0 Å². The second-order valence-electron chi connectivity index (χ2n) is 2.19. The van der Waals surface area contributed by atoms with E-state index < -0.39 is 0 Å². The first-order chi connectivity index (χ1) is 5.04. The van der Waals surface area contributed by atoms with E-state index in [4.69, 9.17) is 40.5 Å². The highest BCUT2D eigenvalue weighted by molar-refractivity contribution is 6.44. The third-order valence-electron chi connectivity index (χ3n) is 1.45. The van der Waals surface area contributed by atoms with Gasteiger partial charge in [-0.1, -0.05) is 34.8 Å². The predicted octanol–water partition coefficient (Wildman–Crippen LogP) is 3.54. The zero-order valence-electron chi connectivity index (χ0n) is 5.79. The summed E-state index contributed by atoms with van der Waals surface area (Å²) in [5, 5.41) is 1.34. The molecule has 60 valence electrons. The van der Waals surface area contributed by atoms with Crippen molar-refractivity contribution in [2.24, 2.45) is 0 Å². The van der Waals surface area contributed by atoms with Gasteiger partial charge in [0.15, 0.2) is 0 Å². The molecule has 1 nitrogen and oxygen atoms in total. The average Bonchev–Trinajstić information content (AvgIpc) is 1.97. The maximum atomic E-state index is 5.78. The quantitative estimate of drug-likeness (QED) is 0.514. The molecule has 1 rings (SSSR count). The molecule has 0 aliphatic carbocycles. The maximum Gasteiger partial charge on any atom is 0.0654 e. The molecule has 0 bridgehead atoms. The van der Waals surface area contributed by atoms with Crippen molar-refractivity contribution in [3.8, 4) is 0 Å². The number of rotatable bonds is 0. The lowest BCUT2D eigenvalue weighted by Gasteiger charge is -2.05. The van der Waals surface area contributed by atoms with E-state index in [0.717, 1.165) is 5.56 Å². The molecule has 0 heterocycles. The van der Waals surface area contributed by atoms with E-state index in [1.165, 1.54) is 6.07 Å². The predicted molar refractivity (Wildman–Crippen MR) is 50.6 cm³/mol. The average molecular weight is 210 g/mol. The summed E-state index contributed by atoms with van der Waals surface area (Å²) in [5.41, 5.74) is 6.79. The normalized spacial score (nSPS) is 10.2. The fourth-order valence-corrected chi connectivity index (χ4v) is 1.44. The van der Waals surface area contributed by atoms with Crippen LogP contribution >= 0.6 is 34.8 Å². The van der Waals surface area contributed by atoms with Gasteiger partial charge in [-0.2, -0.15) is 0 Å². The topological polar surface area (TPSA) is 26.0 Å². The summed E-state index contributed by atoms with van der Waals surface area (Å²) in [6.45, 7) is 1.77. The Kier molecular flexibility index (Phi) is 2.53. The standard InChI is InChI=1S/C7H6Cl3N/c1-3-6(10)4(8)2-5(9)7(3)11/h2H,11H2,1H3. The van der Waals surface area contributed by atoms with Gasteiger partial charge in [0.2, 0.25) is 0 Å². The number of benzene rings is 1. The molecule has 0 saturated heterocycles. The second-order valence-corrected chi connectivity index (χ2v) is 3.39. The molecule has 0 aromatic heterocycles. The van der Waals surface area contributed by atoms with Crippen LogP contribution < -0.4 is 5.73 Å². The number of nitrogen functional groups attached to an aromatic ring is 1. The van der Waals surface area contributed by atoms with Crippen LogP contribution in [0.3, 0.4) is 0 Å². The van der Waals surface area contributed by atoms with Crippen molar-refractivity contribution in [3.63, 3.8) is 0 Å². The Bertz CT molecular complexity index is 270. The van der Waals surface area contributed by atoms with Crippen LogP contribution in [0.1, 0.15) is 5.56 Å². The highest BCUT2D eigenvalue weighted by Gasteiger charge is 2.07. The Labute approximate surface area is 80.0 Å². The van der Waals surface area contributed by atoms with Gasteiger partial charge >= 0.3 is 0 Å². The van der Waals surface area contributed by atoms with Gasteiger partial charge < -0.3 is 5.73 Å². The van der Waals surface area contributed by atoms with Crippen LogP contribution in [0.5, 0.6) is 0 Å². The van der Waals surface area contributed by atoms with Crippen LogP contribution in [0.15, 0.2) is 6.07 Å². The van der Waals surface area contributed by atoms with E-state index in [0.29, 0.717) is 20.8 Å². The molecule has 0 radical (unpaired) electrons. The second kappa shape index (κ2) is 3.10. The third-order valence-corrected chi connectivity index (χ3v) is 2.65. The van der Waals surface area contributed by atoms with Crippen molar-refractivity contribution < 1.29 is 0 Å². The molecule has 11 heavy (non-hydrogen) atoms. The van der Waals surface area contributed by atoms with Gasteiger partial charge in [-0.3, -0.25) is 0 Å². The lowest BCUT2D eigenvalue weighted by atomic mass is 10.2. The van der Waals surface area contributed by atoms with Crippen molar-refractivity contribution in [1.29, 1.82) is 0 Å². The number of halogens is 3. The van der Waals surface area contributed by atoms with Crippen molar-refractivity contribution in [1.82, 2.24) is 0 Å². The van der Waals surface area contributed by atoms with Crippen molar-refractivity contribution in [2.75, 3.05) is 5.73 Å². The minimum Gasteiger partial charge on any atom is -0.397 e. The molecular formula is C7H6Cl3N. The molecule has 0 aliphatic rings.